The maximum absolute atomic E-state index is 13.8. The van der Waals surface area contributed by atoms with Gasteiger partial charge in [-0.3, -0.25) is 19.5 Å². The number of anilines is 2. The maximum Gasteiger partial charge on any atom is 0.261 e. The van der Waals surface area contributed by atoms with Crippen LogP contribution in [0.5, 0.6) is 17.2 Å². The van der Waals surface area contributed by atoms with Crippen LogP contribution in [0.15, 0.2) is 102 Å². The van der Waals surface area contributed by atoms with E-state index in [1.54, 1.807) is 19.2 Å². The molecule has 0 bridgehead atoms. The van der Waals surface area contributed by atoms with Crippen LogP contribution in [-0.4, -0.2) is 37.2 Å². The molecule has 0 saturated heterocycles. The Bertz CT molecular complexity index is 2260. The van der Waals surface area contributed by atoms with Crippen molar-refractivity contribution in [2.75, 3.05) is 16.9 Å². The van der Waals surface area contributed by atoms with E-state index in [2.05, 4.69) is 30.3 Å². The average molecular weight is 676 g/mol. The standard InChI is InChI=1S/C43H37N3O5/c1-26-16-34-29(14-15-32-18-30-10-3-5-12-37(30)45(32)42(34)47)20-39(26)50-24-27-8-7-9-28(17-27)25-51-41-22-36-35(21-40(41)49-2)43(48)46-33(23-44-36)19-31-11-4-6-13-38(31)46/h3-13,16-17,20-23,32-33H,14-15,18-19,24-25H2,1-2H3/t32-,33+/m1/s1. The third kappa shape index (κ3) is 5.42. The van der Waals surface area contributed by atoms with Gasteiger partial charge in [0.2, 0.25) is 0 Å². The van der Waals surface area contributed by atoms with Crippen LogP contribution in [0.25, 0.3) is 0 Å². The quantitative estimate of drug-likeness (QED) is 0.175. The lowest BCUT2D eigenvalue weighted by Crippen LogP contribution is -2.37. The predicted octanol–water partition coefficient (Wildman–Crippen LogP) is 7.97. The number of para-hydroxylation sites is 2. The van der Waals surface area contributed by atoms with Gasteiger partial charge in [-0.2, -0.15) is 0 Å². The molecule has 2 atom stereocenters. The normalized spacial score (nSPS) is 18.2. The number of carbonyl (C=O) groups is 2. The fourth-order valence-corrected chi connectivity index (χ4v) is 8.03. The summed E-state index contributed by atoms with van der Waals surface area (Å²) in [6.45, 7) is 2.68. The van der Waals surface area contributed by atoms with E-state index in [9.17, 15) is 9.59 Å². The summed E-state index contributed by atoms with van der Waals surface area (Å²) in [5, 5.41) is 0. The third-order valence-electron chi connectivity index (χ3n) is 10.6. The molecule has 2 amide bonds. The molecule has 5 aromatic carbocycles. The highest BCUT2D eigenvalue weighted by Gasteiger charge is 2.38. The zero-order chi connectivity index (χ0) is 34.6. The minimum atomic E-state index is -0.129. The Morgan fingerprint density at radius 2 is 1.37 bits per heavy atom. The molecule has 5 aromatic rings. The molecule has 0 unspecified atom stereocenters. The summed E-state index contributed by atoms with van der Waals surface area (Å²) in [6.07, 6.45) is 5.25. The summed E-state index contributed by atoms with van der Waals surface area (Å²) in [7, 11) is 1.58. The Kier molecular flexibility index (Phi) is 7.60. The highest BCUT2D eigenvalue weighted by Crippen LogP contribution is 2.42. The molecular formula is C43H37N3O5. The third-order valence-corrected chi connectivity index (χ3v) is 10.6. The molecule has 0 saturated carbocycles. The smallest absolute Gasteiger partial charge is 0.261 e. The van der Waals surface area contributed by atoms with Crippen molar-refractivity contribution in [3.8, 4) is 17.2 Å². The van der Waals surface area contributed by atoms with Gasteiger partial charge in [-0.15, -0.1) is 0 Å². The van der Waals surface area contributed by atoms with E-state index in [-0.39, 0.29) is 23.9 Å². The van der Waals surface area contributed by atoms with Crippen molar-refractivity contribution in [2.24, 2.45) is 4.99 Å². The molecule has 51 heavy (non-hydrogen) atoms. The van der Waals surface area contributed by atoms with E-state index in [1.165, 1.54) is 5.56 Å². The largest absolute Gasteiger partial charge is 0.493 e. The molecule has 4 aliphatic rings. The van der Waals surface area contributed by atoms with Crippen LogP contribution in [-0.2, 0) is 32.5 Å². The zero-order valence-electron chi connectivity index (χ0n) is 28.6. The van der Waals surface area contributed by atoms with Crippen molar-refractivity contribution in [1.29, 1.82) is 0 Å². The second-order valence-corrected chi connectivity index (χ2v) is 13.7. The van der Waals surface area contributed by atoms with Crippen molar-refractivity contribution < 1.29 is 23.8 Å². The SMILES string of the molecule is COc1cc2c(cc1OCc1cccc(COc3cc4c(cc3C)C(=O)N3c5ccccc5C[C@H]3CC4)c1)N=C[C@@H]1Cc3ccccc3N1C2=O. The van der Waals surface area contributed by atoms with Crippen molar-refractivity contribution in [3.63, 3.8) is 0 Å². The maximum atomic E-state index is 13.8. The number of carbonyl (C=O) groups excluding carboxylic acids is 2. The molecule has 4 heterocycles. The summed E-state index contributed by atoms with van der Waals surface area (Å²) < 4.78 is 18.3. The number of aryl methyl sites for hydroxylation is 2. The van der Waals surface area contributed by atoms with E-state index in [0.29, 0.717) is 36.0 Å². The van der Waals surface area contributed by atoms with Crippen LogP contribution in [0, 0.1) is 6.92 Å². The number of amides is 2. The molecule has 8 nitrogen and oxygen atoms in total. The van der Waals surface area contributed by atoms with E-state index in [0.717, 1.165) is 76.2 Å². The Balaban J connectivity index is 0.893. The minimum absolute atomic E-state index is 0.0791. The summed E-state index contributed by atoms with van der Waals surface area (Å²) in [6, 6.07) is 32.0. The zero-order valence-corrected chi connectivity index (χ0v) is 28.6. The average Bonchev–Trinajstić information content (AvgIpc) is 3.65. The van der Waals surface area contributed by atoms with Crippen LogP contribution in [0.3, 0.4) is 0 Å². The van der Waals surface area contributed by atoms with Gasteiger partial charge >= 0.3 is 0 Å². The van der Waals surface area contributed by atoms with Crippen LogP contribution < -0.4 is 24.0 Å². The Morgan fingerprint density at radius 3 is 2.14 bits per heavy atom. The number of benzene rings is 5. The minimum Gasteiger partial charge on any atom is -0.493 e. The molecule has 254 valence electrons. The number of rotatable bonds is 7. The highest BCUT2D eigenvalue weighted by molar-refractivity contribution is 6.15. The second-order valence-electron chi connectivity index (χ2n) is 13.7. The first-order chi connectivity index (χ1) is 24.9. The van der Waals surface area contributed by atoms with E-state index >= 15 is 0 Å². The molecule has 0 fully saturated rings. The first-order valence-electron chi connectivity index (χ1n) is 17.5. The Labute approximate surface area is 296 Å². The van der Waals surface area contributed by atoms with Crippen molar-refractivity contribution in [2.45, 2.75) is 57.9 Å². The van der Waals surface area contributed by atoms with Gasteiger partial charge in [0.25, 0.3) is 11.8 Å². The predicted molar refractivity (Wildman–Crippen MR) is 197 cm³/mol. The number of nitrogens with zero attached hydrogens (tertiary/aromatic N) is 3. The number of aliphatic imine (C=N–C) groups is 1. The molecule has 4 aliphatic heterocycles. The number of ether oxygens (including phenoxy) is 3. The topological polar surface area (TPSA) is 80.7 Å². The second kappa shape index (κ2) is 12.5. The number of fused-ring (bicyclic) bond motifs is 8. The molecule has 0 aromatic heterocycles. The van der Waals surface area contributed by atoms with Crippen LogP contribution in [0.4, 0.5) is 17.1 Å². The Hall–Kier alpha value is -5.89. The lowest BCUT2D eigenvalue weighted by atomic mass is 9.98. The molecule has 0 radical (unpaired) electrons. The lowest BCUT2D eigenvalue weighted by molar-refractivity contribution is 0.0975. The van der Waals surface area contributed by atoms with Gasteiger partial charge in [0.05, 0.1) is 24.4 Å². The van der Waals surface area contributed by atoms with Crippen LogP contribution >= 0.6 is 0 Å². The van der Waals surface area contributed by atoms with Crippen LogP contribution in [0.1, 0.15) is 60.5 Å². The summed E-state index contributed by atoms with van der Waals surface area (Å²) >= 11 is 0. The van der Waals surface area contributed by atoms with Gasteiger partial charge < -0.3 is 19.1 Å². The first-order valence-corrected chi connectivity index (χ1v) is 17.5. The summed E-state index contributed by atoms with van der Waals surface area (Å²) in [5.41, 5.74) is 10.1. The monoisotopic (exact) mass is 675 g/mol. The van der Waals surface area contributed by atoms with E-state index < -0.39 is 0 Å². The van der Waals surface area contributed by atoms with Crippen molar-refractivity contribution >= 4 is 35.1 Å². The lowest BCUT2D eigenvalue weighted by Gasteiger charge is -2.23. The van der Waals surface area contributed by atoms with Gasteiger partial charge in [-0.25, -0.2) is 0 Å². The fraction of sp³-hybridized carbons (Fsp3) is 0.233. The highest BCUT2D eigenvalue weighted by atomic mass is 16.5. The number of hydrogen-bond donors (Lipinski definition) is 0. The fourth-order valence-electron chi connectivity index (χ4n) is 8.03. The molecule has 0 spiro atoms. The Morgan fingerprint density at radius 1 is 0.686 bits per heavy atom. The molecule has 0 N–H and O–H groups in total. The van der Waals surface area contributed by atoms with Gasteiger partial charge in [0.15, 0.2) is 11.5 Å². The van der Waals surface area contributed by atoms with E-state index in [1.807, 2.05) is 77.5 Å². The summed E-state index contributed by atoms with van der Waals surface area (Å²) in [4.78, 5) is 36.1. The first kappa shape index (κ1) is 31.1. The number of methoxy groups -OCH3 is 1. The van der Waals surface area contributed by atoms with Gasteiger partial charge in [-0.1, -0.05) is 54.6 Å². The molecular weight excluding hydrogens is 638 g/mol. The molecule has 9 rings (SSSR count). The molecule has 0 aliphatic carbocycles. The van der Waals surface area contributed by atoms with E-state index in [4.69, 9.17) is 19.2 Å². The van der Waals surface area contributed by atoms with Crippen LogP contribution in [0.2, 0.25) is 0 Å². The van der Waals surface area contributed by atoms with Crippen molar-refractivity contribution in [1.82, 2.24) is 0 Å². The van der Waals surface area contributed by atoms with Gasteiger partial charge in [0.1, 0.15) is 19.0 Å². The molecule has 8 heteroatoms. The van der Waals surface area contributed by atoms with Gasteiger partial charge in [-0.05, 0) is 96.0 Å². The van der Waals surface area contributed by atoms with Gasteiger partial charge in [0, 0.05) is 41.7 Å². The summed E-state index contributed by atoms with van der Waals surface area (Å²) in [5.74, 6) is 1.77. The van der Waals surface area contributed by atoms with Crippen molar-refractivity contribution in [3.05, 3.63) is 142 Å². The number of hydrogen-bond acceptors (Lipinski definition) is 6.